The molecule has 1 aromatic heterocycles. The molecule has 3 aromatic rings. The van der Waals surface area contributed by atoms with Gasteiger partial charge in [0.05, 0.1) is 20.0 Å². The molecule has 11 heteroatoms. The summed E-state index contributed by atoms with van der Waals surface area (Å²) in [4.78, 5) is 12.1. The molecular formula is C14H12N4O5S2. The second-order valence-corrected chi connectivity index (χ2v) is 7.70. The Labute approximate surface area is 145 Å². The zero-order valence-electron chi connectivity index (χ0n) is 12.8. The molecule has 130 valence electrons. The first-order valence-electron chi connectivity index (χ1n) is 6.87. The van der Waals surface area contributed by atoms with Gasteiger partial charge in [-0.3, -0.25) is 10.1 Å². The third-order valence-corrected chi connectivity index (χ3v) is 5.75. The minimum atomic E-state index is -4.12. The van der Waals surface area contributed by atoms with E-state index in [1.165, 1.54) is 11.3 Å². The number of rotatable bonds is 4. The van der Waals surface area contributed by atoms with E-state index < -0.39 is 26.4 Å². The maximum absolute atomic E-state index is 12.3. The Morgan fingerprint density at radius 2 is 2.00 bits per heavy atom. The van der Waals surface area contributed by atoms with Gasteiger partial charge in [0.2, 0.25) is 4.80 Å². The molecule has 0 fully saturated rings. The average Bonchev–Trinajstić information content (AvgIpc) is 2.89. The molecule has 0 saturated carbocycles. The molecule has 0 amide bonds. The van der Waals surface area contributed by atoms with Crippen molar-refractivity contribution in [3.8, 4) is 5.75 Å². The van der Waals surface area contributed by atoms with E-state index >= 15 is 0 Å². The second kappa shape index (κ2) is 6.18. The zero-order chi connectivity index (χ0) is 18.2. The quantitative estimate of drug-likeness (QED) is 0.525. The lowest BCUT2D eigenvalue weighted by atomic mass is 10.3. The summed E-state index contributed by atoms with van der Waals surface area (Å²) in [6.45, 7) is 0. The van der Waals surface area contributed by atoms with Crippen molar-refractivity contribution in [2.24, 2.45) is 12.1 Å². The van der Waals surface area contributed by atoms with Crippen LogP contribution in [0.15, 0.2) is 52.5 Å². The third kappa shape index (κ3) is 3.19. The summed E-state index contributed by atoms with van der Waals surface area (Å²) in [5.74, 6) is -0.614. The predicted octanol–water partition coefficient (Wildman–Crippen LogP) is 1.65. The van der Waals surface area contributed by atoms with Crippen LogP contribution in [-0.2, 0) is 17.1 Å². The van der Waals surface area contributed by atoms with Crippen molar-refractivity contribution in [2.75, 3.05) is 0 Å². The number of hydrogen-bond donors (Lipinski definition) is 2. The fraction of sp³-hybridized carbons (Fsp3) is 0.0714. The van der Waals surface area contributed by atoms with Crippen molar-refractivity contribution in [2.45, 2.75) is 4.90 Å². The molecule has 1 heterocycles. The van der Waals surface area contributed by atoms with Gasteiger partial charge in [0.15, 0.2) is 5.75 Å². The van der Waals surface area contributed by atoms with Gasteiger partial charge < -0.3 is 9.67 Å². The first-order chi connectivity index (χ1) is 11.8. The molecule has 0 atom stereocenters. The van der Waals surface area contributed by atoms with Crippen molar-refractivity contribution in [1.29, 1.82) is 0 Å². The molecule has 0 bridgehead atoms. The number of phenolic OH excluding ortho intramolecular Hbond substituents is 1. The van der Waals surface area contributed by atoms with Crippen molar-refractivity contribution < 1.29 is 18.4 Å². The highest BCUT2D eigenvalue weighted by atomic mass is 32.2. The lowest BCUT2D eigenvalue weighted by Gasteiger charge is -2.04. The van der Waals surface area contributed by atoms with Crippen LogP contribution in [-0.4, -0.2) is 23.0 Å². The van der Waals surface area contributed by atoms with Crippen molar-refractivity contribution in [3.05, 3.63) is 57.4 Å². The molecule has 2 aromatic carbocycles. The Kier molecular flexibility index (Phi) is 4.18. The SMILES string of the molecule is Cn1/c(=N/NS(=O)(=O)c2ccc(O)c([N+](=O)[O-])c2)sc2ccccc21. The number of hydrogen-bond acceptors (Lipinski definition) is 7. The molecule has 0 radical (unpaired) electrons. The van der Waals surface area contributed by atoms with Crippen LogP contribution in [0.25, 0.3) is 10.2 Å². The van der Waals surface area contributed by atoms with E-state index in [1.54, 1.807) is 11.6 Å². The van der Waals surface area contributed by atoms with Gasteiger partial charge in [-0.2, -0.15) is 13.2 Å². The van der Waals surface area contributed by atoms with Crippen LogP contribution in [0.4, 0.5) is 5.69 Å². The Hall–Kier alpha value is -2.92. The number of thiazole rings is 1. The van der Waals surface area contributed by atoms with Crippen LogP contribution in [0, 0.1) is 10.1 Å². The highest BCUT2D eigenvalue weighted by Crippen LogP contribution is 2.28. The summed E-state index contributed by atoms with van der Waals surface area (Å²) in [6.07, 6.45) is 0. The fourth-order valence-electron chi connectivity index (χ4n) is 2.16. The van der Waals surface area contributed by atoms with Gasteiger partial charge in [-0.15, -0.1) is 5.10 Å². The normalized spacial score (nSPS) is 12.4. The van der Waals surface area contributed by atoms with Crippen LogP contribution in [0.5, 0.6) is 5.75 Å². The largest absolute Gasteiger partial charge is 0.502 e. The Morgan fingerprint density at radius 3 is 2.68 bits per heavy atom. The van der Waals surface area contributed by atoms with Crippen molar-refractivity contribution >= 4 is 37.3 Å². The minimum absolute atomic E-state index is 0.371. The van der Waals surface area contributed by atoms with Crippen LogP contribution in [0.3, 0.4) is 0 Å². The Bertz CT molecular complexity index is 1150. The summed E-state index contributed by atoms with van der Waals surface area (Å²) >= 11 is 1.29. The number of phenols is 1. The summed E-state index contributed by atoms with van der Waals surface area (Å²) in [5.41, 5.74) is 0.195. The number of fused-ring (bicyclic) bond motifs is 1. The zero-order valence-corrected chi connectivity index (χ0v) is 14.4. The lowest BCUT2D eigenvalue weighted by Crippen LogP contribution is -2.23. The summed E-state index contributed by atoms with van der Waals surface area (Å²) in [7, 11) is -2.38. The van der Waals surface area contributed by atoms with E-state index in [9.17, 15) is 23.6 Å². The topological polar surface area (TPSA) is 127 Å². The van der Waals surface area contributed by atoms with E-state index in [0.29, 0.717) is 4.80 Å². The van der Waals surface area contributed by atoms with Gasteiger partial charge in [-0.1, -0.05) is 23.5 Å². The van der Waals surface area contributed by atoms with E-state index in [4.69, 9.17) is 0 Å². The maximum Gasteiger partial charge on any atom is 0.312 e. The van der Waals surface area contributed by atoms with E-state index in [0.717, 1.165) is 28.4 Å². The fourth-order valence-corrected chi connectivity index (χ4v) is 4.02. The molecule has 0 aliphatic heterocycles. The molecule has 0 aliphatic rings. The van der Waals surface area contributed by atoms with Gasteiger partial charge >= 0.3 is 5.69 Å². The van der Waals surface area contributed by atoms with Crippen molar-refractivity contribution in [1.82, 2.24) is 9.40 Å². The molecule has 9 nitrogen and oxygen atoms in total. The molecule has 3 rings (SSSR count). The van der Waals surface area contributed by atoms with Crippen LogP contribution < -0.4 is 9.63 Å². The molecule has 25 heavy (non-hydrogen) atoms. The summed E-state index contributed by atoms with van der Waals surface area (Å²) in [6, 6.07) is 10.3. The molecule has 0 saturated heterocycles. The number of sulfonamides is 1. The summed E-state index contributed by atoms with van der Waals surface area (Å²) in [5, 5.41) is 24.1. The first kappa shape index (κ1) is 16.9. The number of nitro groups is 1. The van der Waals surface area contributed by atoms with Gasteiger partial charge in [0.25, 0.3) is 10.0 Å². The predicted molar refractivity (Wildman–Crippen MR) is 91.4 cm³/mol. The monoisotopic (exact) mass is 380 g/mol. The number of aromatic hydroxyl groups is 1. The number of aromatic nitrogens is 1. The van der Waals surface area contributed by atoms with E-state index in [2.05, 4.69) is 9.93 Å². The number of benzene rings is 2. The number of para-hydroxylation sites is 1. The summed E-state index contributed by atoms with van der Waals surface area (Å²) < 4.78 is 27.3. The molecular weight excluding hydrogens is 368 g/mol. The minimum Gasteiger partial charge on any atom is -0.502 e. The van der Waals surface area contributed by atoms with Crippen molar-refractivity contribution in [3.63, 3.8) is 0 Å². The van der Waals surface area contributed by atoms with Gasteiger partial charge in [0, 0.05) is 13.1 Å². The van der Waals surface area contributed by atoms with E-state index in [1.807, 2.05) is 24.3 Å². The second-order valence-electron chi connectivity index (χ2n) is 5.03. The number of nitrogens with zero attached hydrogens (tertiary/aromatic N) is 3. The van der Waals surface area contributed by atoms with Crippen LogP contribution >= 0.6 is 11.3 Å². The number of aryl methyl sites for hydroxylation is 1. The molecule has 0 unspecified atom stereocenters. The first-order valence-corrected chi connectivity index (χ1v) is 9.17. The third-order valence-electron chi connectivity index (χ3n) is 3.43. The smallest absolute Gasteiger partial charge is 0.312 e. The molecule has 2 N–H and O–H groups in total. The Morgan fingerprint density at radius 1 is 1.28 bits per heavy atom. The average molecular weight is 380 g/mol. The van der Waals surface area contributed by atoms with E-state index in [-0.39, 0.29) is 4.90 Å². The maximum atomic E-state index is 12.3. The Balaban J connectivity index is 2.00. The molecule has 0 aliphatic carbocycles. The molecule has 0 spiro atoms. The van der Waals surface area contributed by atoms with Gasteiger partial charge in [-0.05, 0) is 24.3 Å². The standard InChI is InChI=1S/C14H12N4O5S2/c1-17-10-4-2-3-5-13(10)24-14(17)15-16-25(22,23)9-6-7-12(19)11(8-9)18(20)21/h2-8,16,19H,1H3/b15-14-. The lowest BCUT2D eigenvalue weighted by molar-refractivity contribution is -0.386. The number of nitrogens with one attached hydrogen (secondary N) is 1. The number of nitro benzene ring substituents is 1. The van der Waals surface area contributed by atoms with Crippen LogP contribution in [0.2, 0.25) is 0 Å². The van der Waals surface area contributed by atoms with Crippen LogP contribution in [0.1, 0.15) is 0 Å². The van der Waals surface area contributed by atoms with Gasteiger partial charge in [-0.25, -0.2) is 0 Å². The van der Waals surface area contributed by atoms with Gasteiger partial charge in [0.1, 0.15) is 0 Å². The highest BCUT2D eigenvalue weighted by Gasteiger charge is 2.21. The highest BCUT2D eigenvalue weighted by molar-refractivity contribution is 7.89.